The molecule has 0 radical (unpaired) electrons. The van der Waals surface area contributed by atoms with Crippen LogP contribution in [0.15, 0.2) is 109 Å². The SMILES string of the molecule is CCCCCCCCOc1ccc(CSC(SCc2ccc(OCCCCCCCC)cc2)[C@@H](F)[C@H](OC(=O)c2ccccc2)[C@H](COC(=O)c2ccccc2)OC(=O)CCl)cc1. The topological polar surface area (TPSA) is 97.4 Å². The minimum Gasteiger partial charge on any atom is -0.494 e. The highest BCUT2D eigenvalue weighted by Gasteiger charge is 2.42. The van der Waals surface area contributed by atoms with Crippen molar-refractivity contribution >= 4 is 53.0 Å². The van der Waals surface area contributed by atoms with Crippen molar-refractivity contribution in [2.24, 2.45) is 0 Å². The number of thioether (sulfide) groups is 2. The molecule has 0 aliphatic rings. The first-order valence-corrected chi connectivity index (χ1v) is 25.0. The molecule has 3 atom stereocenters. The summed E-state index contributed by atoms with van der Waals surface area (Å²) in [4.78, 5) is 39.4. The van der Waals surface area contributed by atoms with Crippen LogP contribution in [-0.4, -0.2) is 66.6 Å². The van der Waals surface area contributed by atoms with Crippen LogP contribution in [-0.2, 0) is 30.5 Å². The molecular weight excluding hydrogens is 859 g/mol. The summed E-state index contributed by atoms with van der Waals surface area (Å²) in [7, 11) is 0. The molecule has 4 aromatic carbocycles. The lowest BCUT2D eigenvalue weighted by molar-refractivity contribution is -0.158. The van der Waals surface area contributed by atoms with Gasteiger partial charge in [0.2, 0.25) is 0 Å². The van der Waals surface area contributed by atoms with Crippen molar-refractivity contribution in [2.75, 3.05) is 25.7 Å². The third-order valence-corrected chi connectivity index (χ3v) is 13.4. The zero-order chi connectivity index (χ0) is 44.9. The van der Waals surface area contributed by atoms with Crippen LogP contribution >= 0.6 is 35.1 Å². The van der Waals surface area contributed by atoms with Gasteiger partial charge in [-0.3, -0.25) is 4.79 Å². The average molecular weight is 924 g/mol. The van der Waals surface area contributed by atoms with E-state index >= 15 is 4.39 Å². The molecule has 0 unspecified atom stereocenters. The Labute approximate surface area is 387 Å². The highest BCUT2D eigenvalue weighted by molar-refractivity contribution is 8.16. The number of rotatable bonds is 32. The fourth-order valence-electron chi connectivity index (χ4n) is 6.58. The molecule has 342 valence electrons. The van der Waals surface area contributed by atoms with Gasteiger partial charge in [0.25, 0.3) is 0 Å². The monoisotopic (exact) mass is 922 g/mol. The number of hydrogen-bond acceptors (Lipinski definition) is 10. The second kappa shape index (κ2) is 30.8. The summed E-state index contributed by atoms with van der Waals surface area (Å²) in [6.07, 6.45) is 9.01. The molecule has 0 heterocycles. The molecule has 0 aliphatic carbocycles. The Balaban J connectivity index is 1.54. The normalized spacial score (nSPS) is 12.6. The zero-order valence-corrected chi connectivity index (χ0v) is 39.2. The maximum atomic E-state index is 17.6. The first kappa shape index (κ1) is 51.4. The summed E-state index contributed by atoms with van der Waals surface area (Å²) < 4.78 is 45.9. The minimum absolute atomic E-state index is 0.174. The summed E-state index contributed by atoms with van der Waals surface area (Å²) >= 11 is 8.54. The number of hydrogen-bond donors (Lipinski definition) is 0. The predicted octanol–water partition coefficient (Wildman–Crippen LogP) is 13.2. The quantitative estimate of drug-likeness (QED) is 0.0155. The fraction of sp³-hybridized carbons (Fsp3) is 0.471. The average Bonchev–Trinajstić information content (AvgIpc) is 3.32. The largest absolute Gasteiger partial charge is 0.494 e. The van der Waals surface area contributed by atoms with E-state index in [1.54, 1.807) is 60.7 Å². The van der Waals surface area contributed by atoms with Gasteiger partial charge < -0.3 is 23.7 Å². The molecule has 0 fully saturated rings. The third-order valence-electron chi connectivity index (χ3n) is 10.2. The highest BCUT2D eigenvalue weighted by Crippen LogP contribution is 2.37. The van der Waals surface area contributed by atoms with Gasteiger partial charge in [-0.2, -0.15) is 0 Å². The van der Waals surface area contributed by atoms with Crippen molar-refractivity contribution in [3.63, 3.8) is 0 Å². The van der Waals surface area contributed by atoms with Crippen LogP contribution in [0.1, 0.15) is 123 Å². The minimum atomic E-state index is -1.92. The van der Waals surface area contributed by atoms with Gasteiger partial charge in [0.05, 0.1) is 28.9 Å². The molecular formula is C51H64ClFO8S2. The molecule has 12 heteroatoms. The van der Waals surface area contributed by atoms with E-state index in [0.717, 1.165) is 48.3 Å². The standard InChI is InChI=1S/C51H64ClFO8S2/c1-3-5-7-9-11-19-33-57-43-29-25-39(26-30-43)37-62-51(63-38-40-27-31-44(32-28-40)58-34-20-12-10-8-6-4-2)47(53)48(61-50(56)42-23-17-14-18-24-42)45(60-46(54)35-52)36-59-49(55)41-21-15-13-16-22-41/h13-18,21-32,45,47-48,51H,3-12,19-20,33-38H2,1-2H3/t45-,47-,48+/m0/s1. The van der Waals surface area contributed by atoms with E-state index < -0.39 is 53.4 Å². The maximum absolute atomic E-state index is 17.6. The summed E-state index contributed by atoms with van der Waals surface area (Å²) in [6.45, 7) is 5.12. The van der Waals surface area contributed by atoms with E-state index in [1.165, 1.54) is 74.9 Å². The van der Waals surface area contributed by atoms with E-state index in [0.29, 0.717) is 24.7 Å². The van der Waals surface area contributed by atoms with Crippen molar-refractivity contribution in [1.82, 2.24) is 0 Å². The molecule has 0 spiro atoms. The summed E-state index contributed by atoms with van der Waals surface area (Å²) in [5.74, 6) is -0.619. The molecule has 63 heavy (non-hydrogen) atoms. The molecule has 4 aromatic rings. The number of carbonyl (C=O) groups excluding carboxylic acids is 3. The van der Waals surface area contributed by atoms with E-state index in [9.17, 15) is 14.4 Å². The van der Waals surface area contributed by atoms with Crippen molar-refractivity contribution in [3.8, 4) is 11.5 Å². The predicted molar refractivity (Wildman–Crippen MR) is 255 cm³/mol. The molecule has 0 aromatic heterocycles. The van der Waals surface area contributed by atoms with Gasteiger partial charge in [-0.15, -0.1) is 35.1 Å². The highest BCUT2D eigenvalue weighted by atomic mass is 35.5. The molecule has 0 amide bonds. The fourth-order valence-corrected chi connectivity index (χ4v) is 9.21. The van der Waals surface area contributed by atoms with E-state index in [2.05, 4.69) is 13.8 Å². The Hall–Kier alpha value is -4.19. The Morgan fingerprint density at radius 3 is 1.48 bits per heavy atom. The van der Waals surface area contributed by atoms with Crippen molar-refractivity contribution < 1.29 is 42.5 Å². The van der Waals surface area contributed by atoms with Gasteiger partial charge in [0.15, 0.2) is 18.4 Å². The Morgan fingerprint density at radius 1 is 0.571 bits per heavy atom. The first-order chi connectivity index (χ1) is 30.8. The lowest BCUT2D eigenvalue weighted by atomic mass is 10.1. The van der Waals surface area contributed by atoms with Crippen LogP contribution in [0, 0.1) is 0 Å². The molecule has 8 nitrogen and oxygen atoms in total. The van der Waals surface area contributed by atoms with Crippen molar-refractivity contribution in [3.05, 3.63) is 131 Å². The summed E-state index contributed by atoms with van der Waals surface area (Å²) in [5, 5.41) is 0. The van der Waals surface area contributed by atoms with Crippen LogP contribution in [0.4, 0.5) is 4.39 Å². The number of ether oxygens (including phenoxy) is 5. The molecule has 0 aliphatic heterocycles. The Bertz CT molecular complexity index is 1790. The van der Waals surface area contributed by atoms with Gasteiger partial charge >= 0.3 is 17.9 Å². The lowest BCUT2D eigenvalue weighted by Crippen LogP contribution is -2.47. The molecule has 0 N–H and O–H groups in total. The molecule has 0 bridgehead atoms. The van der Waals surface area contributed by atoms with Gasteiger partial charge in [-0.25, -0.2) is 14.0 Å². The second-order valence-electron chi connectivity index (χ2n) is 15.3. The molecule has 0 saturated heterocycles. The van der Waals surface area contributed by atoms with Crippen molar-refractivity contribution in [2.45, 2.75) is 125 Å². The lowest BCUT2D eigenvalue weighted by Gasteiger charge is -2.32. The number of unbranched alkanes of at least 4 members (excludes halogenated alkanes) is 10. The Morgan fingerprint density at radius 2 is 1.02 bits per heavy atom. The number of esters is 3. The van der Waals surface area contributed by atoms with Crippen LogP contribution in [0.3, 0.4) is 0 Å². The summed E-state index contributed by atoms with van der Waals surface area (Å²) in [5.41, 5.74) is 2.30. The van der Waals surface area contributed by atoms with E-state index in [-0.39, 0.29) is 11.1 Å². The number of alkyl halides is 2. The van der Waals surface area contributed by atoms with Gasteiger partial charge in [0.1, 0.15) is 24.0 Å². The van der Waals surface area contributed by atoms with Crippen LogP contribution in [0.2, 0.25) is 0 Å². The van der Waals surface area contributed by atoms with E-state index in [1.807, 2.05) is 48.5 Å². The van der Waals surface area contributed by atoms with E-state index in [4.69, 9.17) is 35.3 Å². The molecule has 4 rings (SSSR count). The molecule has 0 saturated carbocycles. The second-order valence-corrected chi connectivity index (χ2v) is 18.1. The summed E-state index contributed by atoms with van der Waals surface area (Å²) in [6, 6.07) is 31.9. The van der Waals surface area contributed by atoms with Gasteiger partial charge in [-0.1, -0.05) is 139 Å². The maximum Gasteiger partial charge on any atom is 0.338 e. The number of benzene rings is 4. The smallest absolute Gasteiger partial charge is 0.338 e. The van der Waals surface area contributed by atoms with Crippen LogP contribution in [0.25, 0.3) is 0 Å². The van der Waals surface area contributed by atoms with Gasteiger partial charge in [-0.05, 0) is 72.5 Å². The third kappa shape index (κ3) is 20.0. The van der Waals surface area contributed by atoms with Crippen LogP contribution in [0.5, 0.6) is 11.5 Å². The number of halogens is 2. The zero-order valence-electron chi connectivity index (χ0n) is 36.8. The van der Waals surface area contributed by atoms with Gasteiger partial charge in [0, 0.05) is 11.5 Å². The Kier molecular flexibility index (Phi) is 25.2. The van der Waals surface area contributed by atoms with Crippen LogP contribution < -0.4 is 9.47 Å². The first-order valence-electron chi connectivity index (χ1n) is 22.4. The van der Waals surface area contributed by atoms with Crippen molar-refractivity contribution in [1.29, 1.82) is 0 Å². The number of carbonyl (C=O) groups is 3.